The zero-order valence-electron chi connectivity index (χ0n) is 12.0. The molecule has 0 spiro atoms. The summed E-state index contributed by atoms with van der Waals surface area (Å²) >= 11 is 0. The number of carbonyl (C=O) groups is 1. The normalized spacial score (nSPS) is 14.8. The fourth-order valence-corrected chi connectivity index (χ4v) is 2.58. The van der Waals surface area contributed by atoms with Crippen LogP contribution >= 0.6 is 0 Å². The second-order valence-corrected chi connectivity index (χ2v) is 5.32. The van der Waals surface area contributed by atoms with Crippen LogP contribution < -0.4 is 10.7 Å². The number of aromatic amines is 1. The number of fused-ring (bicyclic) bond motifs is 1. The zero-order valence-corrected chi connectivity index (χ0v) is 12.0. The minimum Gasteiger partial charge on any atom is -0.364 e. The van der Waals surface area contributed by atoms with E-state index in [1.165, 1.54) is 12.3 Å². The van der Waals surface area contributed by atoms with E-state index in [1.54, 1.807) is 6.92 Å². The number of hydrogen-bond donors (Lipinski definition) is 2. The molecule has 0 bridgehead atoms. The molecular weight excluding hydrogens is 270 g/mol. The maximum absolute atomic E-state index is 12.2. The number of nitrogens with one attached hydrogen (secondary N) is 2. The highest BCUT2D eigenvalue weighted by Crippen LogP contribution is 2.18. The molecular formula is C14H17N5O2. The van der Waals surface area contributed by atoms with Crippen molar-refractivity contribution in [1.82, 2.24) is 25.1 Å². The lowest BCUT2D eigenvalue weighted by Gasteiger charge is -2.13. The molecule has 2 N–H and O–H groups in total. The van der Waals surface area contributed by atoms with E-state index >= 15 is 0 Å². The highest BCUT2D eigenvalue weighted by atomic mass is 16.2. The Morgan fingerprint density at radius 3 is 3.05 bits per heavy atom. The van der Waals surface area contributed by atoms with Crippen LogP contribution in [-0.2, 0) is 13.0 Å². The van der Waals surface area contributed by atoms with Gasteiger partial charge in [0.05, 0.1) is 6.04 Å². The summed E-state index contributed by atoms with van der Waals surface area (Å²) < 4.78 is 2.03. The van der Waals surface area contributed by atoms with Gasteiger partial charge in [-0.05, 0) is 20.3 Å². The first-order valence-corrected chi connectivity index (χ1v) is 6.98. The highest BCUT2D eigenvalue weighted by molar-refractivity contribution is 5.93. The van der Waals surface area contributed by atoms with Crippen LogP contribution in [-0.4, -0.2) is 25.7 Å². The molecule has 7 heteroatoms. The quantitative estimate of drug-likeness (QED) is 0.869. The maximum atomic E-state index is 12.2. The first kappa shape index (κ1) is 13.5. The molecule has 110 valence electrons. The number of rotatable bonds is 3. The molecule has 0 radical (unpaired) electrons. The van der Waals surface area contributed by atoms with Gasteiger partial charge in [0.25, 0.3) is 5.91 Å². The number of carbonyl (C=O) groups excluding carboxylic acids is 1. The van der Waals surface area contributed by atoms with E-state index in [4.69, 9.17) is 0 Å². The van der Waals surface area contributed by atoms with Crippen molar-refractivity contribution >= 4 is 5.91 Å². The minimum atomic E-state index is -0.404. The molecule has 0 fully saturated rings. The Labute approximate surface area is 121 Å². The molecule has 0 saturated carbocycles. The number of nitrogens with zero attached hydrogens (tertiary/aromatic N) is 3. The molecule has 0 saturated heterocycles. The first-order chi connectivity index (χ1) is 10.1. The van der Waals surface area contributed by atoms with Crippen molar-refractivity contribution in [3.8, 4) is 0 Å². The van der Waals surface area contributed by atoms with Crippen LogP contribution in [0.5, 0.6) is 0 Å². The van der Waals surface area contributed by atoms with E-state index in [2.05, 4.69) is 20.5 Å². The van der Waals surface area contributed by atoms with Gasteiger partial charge >= 0.3 is 0 Å². The van der Waals surface area contributed by atoms with Crippen LogP contribution in [0.1, 0.15) is 47.1 Å². The van der Waals surface area contributed by atoms with E-state index in [0.29, 0.717) is 0 Å². The second-order valence-electron chi connectivity index (χ2n) is 5.32. The van der Waals surface area contributed by atoms with Gasteiger partial charge in [0.15, 0.2) is 11.3 Å². The molecule has 1 amide bonds. The van der Waals surface area contributed by atoms with Gasteiger partial charge in [-0.1, -0.05) is 0 Å². The topological polar surface area (TPSA) is 92.7 Å². The summed E-state index contributed by atoms with van der Waals surface area (Å²) in [4.78, 5) is 26.9. The monoisotopic (exact) mass is 287 g/mol. The van der Waals surface area contributed by atoms with E-state index in [1.807, 2.05) is 11.5 Å². The predicted octanol–water partition coefficient (Wildman–Crippen LogP) is 0.712. The fraction of sp³-hybridized carbons (Fsp3) is 0.429. The largest absolute Gasteiger partial charge is 0.364 e. The standard InChI is InChI=1S/C14H17N5O2/c1-8-6-11(20)10(7-15-8)14(21)16-9(2)13-18-17-12-4-3-5-19(12)13/h6-7,9H,3-5H2,1-2H3,(H,15,20)(H,16,21). The van der Waals surface area contributed by atoms with Crippen LogP contribution in [0, 0.1) is 6.92 Å². The summed E-state index contributed by atoms with van der Waals surface area (Å²) in [5, 5.41) is 11.1. The van der Waals surface area contributed by atoms with Gasteiger partial charge in [-0.3, -0.25) is 9.59 Å². The first-order valence-electron chi connectivity index (χ1n) is 6.98. The average molecular weight is 287 g/mol. The maximum Gasteiger partial charge on any atom is 0.257 e. The van der Waals surface area contributed by atoms with Crippen LogP contribution in [0.15, 0.2) is 17.1 Å². The molecule has 21 heavy (non-hydrogen) atoms. The van der Waals surface area contributed by atoms with Gasteiger partial charge < -0.3 is 14.9 Å². The van der Waals surface area contributed by atoms with Gasteiger partial charge in [0, 0.05) is 30.9 Å². The van der Waals surface area contributed by atoms with Crippen molar-refractivity contribution in [3.05, 3.63) is 45.4 Å². The highest BCUT2D eigenvalue weighted by Gasteiger charge is 2.23. The minimum absolute atomic E-state index is 0.105. The van der Waals surface area contributed by atoms with Crippen molar-refractivity contribution in [2.24, 2.45) is 0 Å². The average Bonchev–Trinajstić information content (AvgIpc) is 3.00. The van der Waals surface area contributed by atoms with E-state index in [0.717, 1.165) is 36.7 Å². The van der Waals surface area contributed by atoms with Crippen LogP contribution in [0.3, 0.4) is 0 Å². The molecule has 7 nitrogen and oxygen atoms in total. The predicted molar refractivity (Wildman–Crippen MR) is 76.0 cm³/mol. The Hall–Kier alpha value is -2.44. The zero-order chi connectivity index (χ0) is 15.0. The molecule has 0 aliphatic carbocycles. The van der Waals surface area contributed by atoms with Crippen LogP contribution in [0.25, 0.3) is 0 Å². The molecule has 1 aliphatic heterocycles. The van der Waals surface area contributed by atoms with Crippen molar-refractivity contribution < 1.29 is 4.79 Å². The van der Waals surface area contributed by atoms with Gasteiger partial charge in [-0.2, -0.15) is 0 Å². The van der Waals surface area contributed by atoms with Crippen molar-refractivity contribution in [2.45, 2.75) is 39.3 Å². The molecule has 3 heterocycles. The number of amides is 1. The lowest BCUT2D eigenvalue weighted by molar-refractivity contribution is 0.0936. The van der Waals surface area contributed by atoms with E-state index < -0.39 is 5.91 Å². The number of hydrogen-bond acceptors (Lipinski definition) is 4. The molecule has 3 rings (SSSR count). The summed E-state index contributed by atoms with van der Waals surface area (Å²) in [5.74, 6) is 1.29. The molecule has 1 unspecified atom stereocenters. The van der Waals surface area contributed by atoms with Gasteiger partial charge in [0.1, 0.15) is 11.4 Å². The number of aryl methyl sites for hydroxylation is 2. The van der Waals surface area contributed by atoms with Crippen molar-refractivity contribution in [1.29, 1.82) is 0 Å². The number of pyridine rings is 1. The summed E-state index contributed by atoms with van der Waals surface area (Å²) in [5.41, 5.74) is 0.538. The van der Waals surface area contributed by atoms with Gasteiger partial charge in [-0.15, -0.1) is 10.2 Å². The molecule has 1 atom stereocenters. The number of aromatic nitrogens is 4. The van der Waals surface area contributed by atoms with Crippen molar-refractivity contribution in [2.75, 3.05) is 0 Å². The Morgan fingerprint density at radius 1 is 1.48 bits per heavy atom. The third-order valence-corrected chi connectivity index (χ3v) is 3.67. The SMILES string of the molecule is Cc1cc(=O)c(C(=O)NC(C)c2nnc3n2CCC3)c[nH]1. The smallest absolute Gasteiger partial charge is 0.257 e. The Morgan fingerprint density at radius 2 is 2.29 bits per heavy atom. The second kappa shape index (κ2) is 5.16. The summed E-state index contributed by atoms with van der Waals surface area (Å²) in [6.07, 6.45) is 3.41. The molecule has 2 aromatic heterocycles. The van der Waals surface area contributed by atoms with E-state index in [9.17, 15) is 9.59 Å². The fourth-order valence-electron chi connectivity index (χ4n) is 2.58. The Bertz CT molecular complexity index is 746. The third kappa shape index (κ3) is 2.46. The summed E-state index contributed by atoms with van der Waals surface area (Å²) in [6, 6.07) is 1.12. The Kier molecular flexibility index (Phi) is 3.32. The van der Waals surface area contributed by atoms with Crippen LogP contribution in [0.4, 0.5) is 0 Å². The third-order valence-electron chi connectivity index (χ3n) is 3.67. The summed E-state index contributed by atoms with van der Waals surface area (Å²) in [7, 11) is 0. The summed E-state index contributed by atoms with van der Waals surface area (Å²) in [6.45, 7) is 4.49. The lowest BCUT2D eigenvalue weighted by Crippen LogP contribution is -2.32. The Balaban J connectivity index is 1.79. The van der Waals surface area contributed by atoms with Gasteiger partial charge in [-0.25, -0.2) is 0 Å². The molecule has 1 aliphatic rings. The van der Waals surface area contributed by atoms with Crippen LogP contribution in [0.2, 0.25) is 0 Å². The van der Waals surface area contributed by atoms with E-state index in [-0.39, 0.29) is 17.0 Å². The number of H-pyrrole nitrogens is 1. The molecule has 2 aromatic rings. The van der Waals surface area contributed by atoms with Gasteiger partial charge in [0.2, 0.25) is 0 Å². The van der Waals surface area contributed by atoms with Crippen molar-refractivity contribution in [3.63, 3.8) is 0 Å². The molecule has 0 aromatic carbocycles. The lowest BCUT2D eigenvalue weighted by atomic mass is 10.2.